The summed E-state index contributed by atoms with van der Waals surface area (Å²) in [6, 6.07) is 17.9. The molecular formula is C22H20N4O2. The lowest BCUT2D eigenvalue weighted by atomic mass is 10.1. The summed E-state index contributed by atoms with van der Waals surface area (Å²) in [5.74, 6) is 2.44. The van der Waals surface area contributed by atoms with Crippen LogP contribution in [0, 0.1) is 6.92 Å². The van der Waals surface area contributed by atoms with E-state index in [0.29, 0.717) is 13.2 Å². The average Bonchev–Trinajstić information content (AvgIpc) is 3.34. The predicted molar refractivity (Wildman–Crippen MR) is 106 cm³/mol. The van der Waals surface area contributed by atoms with E-state index < -0.39 is 0 Å². The molecule has 0 saturated heterocycles. The second kappa shape index (κ2) is 6.88. The number of aromatic nitrogens is 4. The summed E-state index contributed by atoms with van der Waals surface area (Å²) >= 11 is 0. The largest absolute Gasteiger partial charge is 0.486 e. The Bertz CT molecular complexity index is 1100. The zero-order valence-electron chi connectivity index (χ0n) is 15.5. The van der Waals surface area contributed by atoms with Crippen molar-refractivity contribution in [1.82, 2.24) is 19.5 Å². The molecule has 2 aromatic heterocycles. The molecule has 28 heavy (non-hydrogen) atoms. The highest BCUT2D eigenvalue weighted by Gasteiger charge is 2.24. The third kappa shape index (κ3) is 3.03. The standard InChI is InChI=1S/C22H20N4O2/c1-15-23-11-18(25-15)22-21(16-7-3-2-4-8-16)24-14-26(22)12-17-13-27-19-9-5-6-10-20(19)28-17/h2-11,14,17H,12-13H2,1H3,(H,23,25)/t17-/m0/s1. The number of hydrogen-bond acceptors (Lipinski definition) is 4. The van der Waals surface area contributed by atoms with Gasteiger partial charge >= 0.3 is 0 Å². The van der Waals surface area contributed by atoms with Gasteiger partial charge in [-0.25, -0.2) is 9.97 Å². The van der Waals surface area contributed by atoms with E-state index in [-0.39, 0.29) is 6.10 Å². The van der Waals surface area contributed by atoms with Crippen LogP contribution >= 0.6 is 0 Å². The summed E-state index contributed by atoms with van der Waals surface area (Å²) in [6.45, 7) is 3.07. The summed E-state index contributed by atoms with van der Waals surface area (Å²) in [6.07, 6.45) is 3.61. The molecule has 4 aromatic rings. The highest BCUT2D eigenvalue weighted by molar-refractivity contribution is 5.76. The van der Waals surface area contributed by atoms with Crippen LogP contribution in [0.15, 0.2) is 67.1 Å². The molecule has 1 aliphatic rings. The van der Waals surface area contributed by atoms with Crippen LogP contribution in [0.5, 0.6) is 11.5 Å². The molecule has 6 heteroatoms. The maximum atomic E-state index is 6.15. The van der Waals surface area contributed by atoms with Crippen LogP contribution in [0.25, 0.3) is 22.6 Å². The van der Waals surface area contributed by atoms with E-state index in [4.69, 9.17) is 14.5 Å². The second-order valence-corrected chi connectivity index (χ2v) is 6.84. The maximum Gasteiger partial charge on any atom is 0.161 e. The Morgan fingerprint density at radius 1 is 1.04 bits per heavy atom. The van der Waals surface area contributed by atoms with E-state index in [1.807, 2.05) is 61.9 Å². The van der Waals surface area contributed by atoms with Crippen molar-refractivity contribution in [2.45, 2.75) is 19.6 Å². The van der Waals surface area contributed by atoms with E-state index in [0.717, 1.165) is 40.0 Å². The molecule has 6 nitrogen and oxygen atoms in total. The number of H-pyrrole nitrogens is 1. The van der Waals surface area contributed by atoms with Crippen LogP contribution in [0.3, 0.4) is 0 Å². The number of nitrogens with zero attached hydrogens (tertiary/aromatic N) is 3. The first-order valence-electron chi connectivity index (χ1n) is 9.29. The summed E-state index contributed by atoms with van der Waals surface area (Å²) < 4.78 is 14.1. The van der Waals surface area contributed by atoms with Gasteiger partial charge in [0.15, 0.2) is 17.6 Å². The number of imidazole rings is 2. The number of rotatable bonds is 4. The fraction of sp³-hybridized carbons (Fsp3) is 0.182. The van der Waals surface area contributed by atoms with Crippen LogP contribution in [0.4, 0.5) is 0 Å². The number of aryl methyl sites for hydroxylation is 1. The van der Waals surface area contributed by atoms with E-state index in [9.17, 15) is 0 Å². The molecule has 0 bridgehead atoms. The lowest BCUT2D eigenvalue weighted by molar-refractivity contribution is 0.0788. The van der Waals surface area contributed by atoms with Crippen molar-refractivity contribution >= 4 is 0 Å². The summed E-state index contributed by atoms with van der Waals surface area (Å²) in [5.41, 5.74) is 3.91. The minimum absolute atomic E-state index is 0.101. The summed E-state index contributed by atoms with van der Waals surface area (Å²) in [5, 5.41) is 0. The van der Waals surface area contributed by atoms with Gasteiger partial charge in [0.1, 0.15) is 12.4 Å². The summed E-state index contributed by atoms with van der Waals surface area (Å²) in [4.78, 5) is 12.4. The third-order valence-electron chi connectivity index (χ3n) is 4.81. The quantitative estimate of drug-likeness (QED) is 0.586. The van der Waals surface area contributed by atoms with Gasteiger partial charge in [-0.1, -0.05) is 42.5 Å². The minimum atomic E-state index is -0.101. The number of ether oxygens (including phenoxy) is 2. The predicted octanol–water partition coefficient (Wildman–Crippen LogP) is 4.09. The van der Waals surface area contributed by atoms with Crippen molar-refractivity contribution in [3.05, 3.63) is 72.9 Å². The fourth-order valence-electron chi connectivity index (χ4n) is 3.52. The number of nitrogens with one attached hydrogen (secondary N) is 1. The smallest absolute Gasteiger partial charge is 0.161 e. The van der Waals surface area contributed by atoms with Gasteiger partial charge in [0.25, 0.3) is 0 Å². The Balaban J connectivity index is 1.51. The van der Waals surface area contributed by atoms with Gasteiger partial charge in [-0.2, -0.15) is 0 Å². The Morgan fingerprint density at radius 2 is 1.82 bits per heavy atom. The van der Waals surface area contributed by atoms with E-state index in [1.165, 1.54) is 0 Å². The topological polar surface area (TPSA) is 65.0 Å². The molecule has 0 unspecified atom stereocenters. The Morgan fingerprint density at radius 3 is 2.61 bits per heavy atom. The molecule has 0 radical (unpaired) electrons. The van der Waals surface area contributed by atoms with Gasteiger partial charge in [0.05, 0.1) is 36.2 Å². The Labute approximate surface area is 162 Å². The van der Waals surface area contributed by atoms with Gasteiger partial charge in [-0.15, -0.1) is 0 Å². The number of benzene rings is 2. The summed E-state index contributed by atoms with van der Waals surface area (Å²) in [7, 11) is 0. The molecule has 1 N–H and O–H groups in total. The highest BCUT2D eigenvalue weighted by Crippen LogP contribution is 2.33. The molecule has 2 aromatic carbocycles. The van der Waals surface area contributed by atoms with Gasteiger partial charge in [0.2, 0.25) is 0 Å². The molecule has 0 amide bonds. The van der Waals surface area contributed by atoms with Gasteiger partial charge in [-0.3, -0.25) is 0 Å². The molecule has 0 saturated carbocycles. The van der Waals surface area contributed by atoms with E-state index in [2.05, 4.69) is 26.7 Å². The third-order valence-corrected chi connectivity index (χ3v) is 4.81. The second-order valence-electron chi connectivity index (χ2n) is 6.84. The Kier molecular flexibility index (Phi) is 4.09. The van der Waals surface area contributed by atoms with Gasteiger partial charge in [-0.05, 0) is 19.1 Å². The number of fused-ring (bicyclic) bond motifs is 1. The van der Waals surface area contributed by atoms with Crippen LogP contribution in [-0.2, 0) is 6.54 Å². The zero-order chi connectivity index (χ0) is 18.9. The van der Waals surface area contributed by atoms with Crippen molar-refractivity contribution in [1.29, 1.82) is 0 Å². The first-order chi connectivity index (χ1) is 13.8. The number of hydrogen-bond donors (Lipinski definition) is 1. The molecule has 0 aliphatic carbocycles. The first-order valence-corrected chi connectivity index (χ1v) is 9.29. The molecule has 5 rings (SSSR count). The lowest BCUT2D eigenvalue weighted by Gasteiger charge is -2.27. The maximum absolute atomic E-state index is 6.15. The van der Waals surface area contributed by atoms with Crippen molar-refractivity contribution in [2.24, 2.45) is 0 Å². The molecule has 1 atom stereocenters. The minimum Gasteiger partial charge on any atom is -0.486 e. The van der Waals surface area contributed by atoms with Crippen LogP contribution < -0.4 is 9.47 Å². The lowest BCUT2D eigenvalue weighted by Crippen LogP contribution is -2.33. The van der Waals surface area contributed by atoms with Crippen molar-refractivity contribution in [3.63, 3.8) is 0 Å². The van der Waals surface area contributed by atoms with Gasteiger partial charge < -0.3 is 19.0 Å². The first kappa shape index (κ1) is 16.6. The molecule has 0 fully saturated rings. The van der Waals surface area contributed by atoms with Crippen LogP contribution in [0.1, 0.15) is 5.82 Å². The highest BCUT2D eigenvalue weighted by atomic mass is 16.6. The number of para-hydroxylation sites is 2. The molecule has 140 valence electrons. The monoisotopic (exact) mass is 372 g/mol. The van der Waals surface area contributed by atoms with Crippen molar-refractivity contribution in [3.8, 4) is 34.1 Å². The van der Waals surface area contributed by atoms with E-state index >= 15 is 0 Å². The molecule has 0 spiro atoms. The molecule has 1 aliphatic heterocycles. The normalized spacial score (nSPS) is 15.5. The SMILES string of the molecule is Cc1ncc(-c2c(-c3ccccc3)ncn2C[C@H]2COc3ccccc3O2)[nH]1. The van der Waals surface area contributed by atoms with Gasteiger partial charge in [0, 0.05) is 5.56 Å². The zero-order valence-corrected chi connectivity index (χ0v) is 15.5. The Hall–Kier alpha value is -3.54. The van der Waals surface area contributed by atoms with Crippen molar-refractivity contribution in [2.75, 3.05) is 6.61 Å². The van der Waals surface area contributed by atoms with Crippen LogP contribution in [0.2, 0.25) is 0 Å². The average molecular weight is 372 g/mol. The number of aromatic amines is 1. The van der Waals surface area contributed by atoms with Crippen LogP contribution in [-0.4, -0.2) is 32.2 Å². The molecular weight excluding hydrogens is 352 g/mol. The van der Waals surface area contributed by atoms with Crippen molar-refractivity contribution < 1.29 is 9.47 Å². The fourth-order valence-corrected chi connectivity index (χ4v) is 3.52. The van der Waals surface area contributed by atoms with E-state index in [1.54, 1.807) is 0 Å². The molecule has 3 heterocycles.